The maximum Gasteiger partial charge on any atom is 0.472 e. The van der Waals surface area contributed by atoms with E-state index in [0.29, 0.717) is 12.8 Å². The summed E-state index contributed by atoms with van der Waals surface area (Å²) in [7, 11) is -4.40. The van der Waals surface area contributed by atoms with Crippen LogP contribution >= 0.6 is 7.82 Å². The van der Waals surface area contributed by atoms with Crippen LogP contribution in [-0.2, 0) is 18.4 Å². The maximum atomic E-state index is 12.5. The molecule has 0 aliphatic carbocycles. The lowest BCUT2D eigenvalue weighted by atomic mass is 10.1. The van der Waals surface area contributed by atoms with E-state index in [0.717, 1.165) is 38.5 Å². The minimum atomic E-state index is -4.40. The molecule has 39 heavy (non-hydrogen) atoms. The van der Waals surface area contributed by atoms with E-state index in [1.165, 1.54) is 25.3 Å². The van der Waals surface area contributed by atoms with Gasteiger partial charge in [0.2, 0.25) is 5.91 Å². The van der Waals surface area contributed by atoms with Crippen molar-refractivity contribution >= 4 is 13.7 Å². The first-order valence-corrected chi connectivity index (χ1v) is 15.8. The van der Waals surface area contributed by atoms with Crippen molar-refractivity contribution < 1.29 is 33.5 Å². The van der Waals surface area contributed by atoms with Crippen molar-refractivity contribution in [3.8, 4) is 0 Å². The first kappa shape index (κ1) is 37.4. The lowest BCUT2D eigenvalue weighted by Gasteiger charge is -2.23. The highest BCUT2D eigenvalue weighted by Gasteiger charge is 2.27. The molecule has 0 fully saturated rings. The zero-order valence-electron chi connectivity index (χ0n) is 24.0. The largest absolute Gasteiger partial charge is 0.472 e. The number of aliphatic hydroxyl groups excluding tert-OH is 2. The van der Waals surface area contributed by atoms with Crippen LogP contribution in [0.4, 0.5) is 0 Å². The molecule has 0 saturated heterocycles. The van der Waals surface area contributed by atoms with Gasteiger partial charge >= 0.3 is 7.82 Å². The summed E-state index contributed by atoms with van der Waals surface area (Å²) in [6, 6.07) is -1.02. The van der Waals surface area contributed by atoms with Crippen LogP contribution in [0.2, 0.25) is 0 Å². The fraction of sp³-hybridized carbons (Fsp3) is 0.690. The fourth-order valence-corrected chi connectivity index (χ4v) is 4.26. The van der Waals surface area contributed by atoms with Gasteiger partial charge in [-0.2, -0.15) is 0 Å². The van der Waals surface area contributed by atoms with Gasteiger partial charge in [0.15, 0.2) is 0 Å². The van der Waals surface area contributed by atoms with E-state index in [1.807, 2.05) is 12.2 Å². The van der Waals surface area contributed by atoms with Crippen LogP contribution in [0.25, 0.3) is 0 Å². The van der Waals surface area contributed by atoms with Crippen LogP contribution in [0, 0.1) is 0 Å². The van der Waals surface area contributed by atoms with E-state index in [-0.39, 0.29) is 19.6 Å². The van der Waals surface area contributed by atoms with Gasteiger partial charge in [-0.1, -0.05) is 81.7 Å². The number of aliphatic hydroxyl groups is 2. The minimum absolute atomic E-state index is 0.0361. The summed E-state index contributed by atoms with van der Waals surface area (Å²) in [6.45, 7) is 3.67. The summed E-state index contributed by atoms with van der Waals surface area (Å²) in [5, 5.41) is 23.5. The second-order valence-electron chi connectivity index (χ2n) is 9.40. The Morgan fingerprint density at radius 1 is 0.897 bits per heavy atom. The Morgan fingerprint density at radius 3 is 2.18 bits per heavy atom. The van der Waals surface area contributed by atoms with E-state index in [9.17, 15) is 24.5 Å². The number of unbranched alkanes of at least 4 members (excludes halogenated alkanes) is 6. The molecule has 10 heteroatoms. The van der Waals surface area contributed by atoms with E-state index in [2.05, 4.69) is 43.5 Å². The Labute approximate surface area is 235 Å². The molecule has 0 saturated carbocycles. The molecule has 0 aliphatic rings. The fourth-order valence-electron chi connectivity index (χ4n) is 3.50. The molecular formula is C29H53N2O7P. The number of carbonyl (C=O) groups is 1. The summed E-state index contributed by atoms with van der Waals surface area (Å²) in [5.41, 5.74) is 5.29. The van der Waals surface area contributed by atoms with Gasteiger partial charge in [0.1, 0.15) is 0 Å². The molecule has 226 valence electrons. The number of nitrogens with one attached hydrogen (secondary N) is 1. The van der Waals surface area contributed by atoms with Crippen LogP contribution < -0.4 is 11.1 Å². The molecule has 9 nitrogen and oxygen atoms in total. The van der Waals surface area contributed by atoms with E-state index in [4.69, 9.17) is 14.8 Å². The van der Waals surface area contributed by atoms with Crippen molar-refractivity contribution in [2.75, 3.05) is 19.8 Å². The number of hydrogen-bond donors (Lipinski definition) is 5. The average Bonchev–Trinajstić information content (AvgIpc) is 2.90. The number of nitrogens with two attached hydrogens (primary N) is 1. The molecule has 6 N–H and O–H groups in total. The highest BCUT2D eigenvalue weighted by Crippen LogP contribution is 2.43. The van der Waals surface area contributed by atoms with Gasteiger partial charge in [-0.25, -0.2) is 4.57 Å². The Bertz CT molecular complexity index is 771. The zero-order chi connectivity index (χ0) is 29.2. The quantitative estimate of drug-likeness (QED) is 0.0567. The number of rotatable bonds is 25. The molecule has 4 atom stereocenters. The van der Waals surface area contributed by atoms with E-state index in [1.54, 1.807) is 6.08 Å². The van der Waals surface area contributed by atoms with Crippen molar-refractivity contribution in [2.45, 2.75) is 109 Å². The molecule has 0 aliphatic heterocycles. The Hall–Kier alpha value is -1.58. The van der Waals surface area contributed by atoms with Crippen LogP contribution in [0.3, 0.4) is 0 Å². The molecule has 0 spiro atoms. The predicted octanol–water partition coefficient (Wildman–Crippen LogP) is 5.23. The Balaban J connectivity index is 4.81. The molecule has 0 heterocycles. The highest BCUT2D eigenvalue weighted by molar-refractivity contribution is 7.47. The number of allylic oxidation sites excluding steroid dienone is 6. The highest BCUT2D eigenvalue weighted by atomic mass is 31.2. The van der Waals surface area contributed by atoms with Gasteiger partial charge in [-0.3, -0.25) is 13.8 Å². The number of carbonyl (C=O) groups excluding carboxylic acids is 1. The molecule has 4 unspecified atom stereocenters. The standard InChI is InChI=1S/C29H53N2O7P/c1-3-5-7-9-11-12-13-15-17-19-21-28(33)27(25-38-39(35,36)37-23-22-30)31-29(34)24-26(32)20-18-16-14-10-8-6-4-2/h5,7,12-13,16,18-19,21,26-28,32-33H,3-4,6,8-11,14-15,17,20,22-25,30H2,1-2H3,(H,31,34)(H,35,36)/b7-5+,13-12+,18-16-,21-19+. The third-order valence-corrected chi connectivity index (χ3v) is 6.65. The van der Waals surface area contributed by atoms with Gasteiger partial charge in [0, 0.05) is 6.54 Å². The number of hydrogen-bond acceptors (Lipinski definition) is 7. The molecule has 0 aromatic heterocycles. The van der Waals surface area contributed by atoms with Crippen molar-refractivity contribution in [1.29, 1.82) is 0 Å². The smallest absolute Gasteiger partial charge is 0.392 e. The Morgan fingerprint density at radius 2 is 1.54 bits per heavy atom. The minimum Gasteiger partial charge on any atom is -0.392 e. The first-order valence-electron chi connectivity index (χ1n) is 14.3. The van der Waals surface area contributed by atoms with E-state index >= 15 is 0 Å². The van der Waals surface area contributed by atoms with Gasteiger partial charge in [0.05, 0.1) is 37.9 Å². The summed E-state index contributed by atoms with van der Waals surface area (Å²) in [5.74, 6) is -0.504. The number of phosphoric acid groups is 1. The zero-order valence-corrected chi connectivity index (χ0v) is 24.9. The van der Waals surface area contributed by atoms with E-state index < -0.39 is 38.6 Å². The SMILES string of the molecule is CC/C=C/CC/C=C/CC/C=C/C(O)C(COP(=O)(O)OCCN)NC(=O)CC(O)C/C=C\CCCCCC. The summed E-state index contributed by atoms with van der Waals surface area (Å²) in [4.78, 5) is 22.3. The second-order valence-corrected chi connectivity index (χ2v) is 10.9. The van der Waals surface area contributed by atoms with Crippen LogP contribution in [0.5, 0.6) is 0 Å². The molecular weight excluding hydrogens is 519 g/mol. The molecule has 0 radical (unpaired) electrons. The summed E-state index contributed by atoms with van der Waals surface area (Å²) < 4.78 is 21.7. The third kappa shape index (κ3) is 24.0. The first-order chi connectivity index (χ1) is 18.8. The van der Waals surface area contributed by atoms with Crippen LogP contribution in [0.15, 0.2) is 48.6 Å². The molecule has 1 amide bonds. The monoisotopic (exact) mass is 572 g/mol. The predicted molar refractivity (Wildman–Crippen MR) is 158 cm³/mol. The molecule has 0 rings (SSSR count). The summed E-state index contributed by atoms with van der Waals surface area (Å²) in [6.07, 6.45) is 23.9. The topological polar surface area (TPSA) is 151 Å². The lowest BCUT2D eigenvalue weighted by molar-refractivity contribution is -0.124. The van der Waals surface area contributed by atoms with Gasteiger partial charge < -0.3 is 26.2 Å². The van der Waals surface area contributed by atoms with Gasteiger partial charge in [-0.05, 0) is 51.4 Å². The van der Waals surface area contributed by atoms with Crippen LogP contribution in [-0.4, -0.2) is 59.0 Å². The number of amides is 1. The number of phosphoric ester groups is 1. The second kappa shape index (κ2) is 25.4. The van der Waals surface area contributed by atoms with Crippen LogP contribution in [0.1, 0.15) is 90.9 Å². The molecule has 0 bridgehead atoms. The lowest BCUT2D eigenvalue weighted by Crippen LogP contribution is -2.46. The maximum absolute atomic E-state index is 12.5. The third-order valence-electron chi connectivity index (χ3n) is 5.67. The average molecular weight is 573 g/mol. The van der Waals surface area contributed by atoms with Gasteiger partial charge in [0.25, 0.3) is 0 Å². The van der Waals surface area contributed by atoms with Crippen molar-refractivity contribution in [3.05, 3.63) is 48.6 Å². The molecule has 0 aromatic carbocycles. The normalized spacial score (nSPS) is 16.4. The van der Waals surface area contributed by atoms with Gasteiger partial charge in [-0.15, -0.1) is 0 Å². The Kier molecular flexibility index (Phi) is 24.4. The van der Waals surface area contributed by atoms with Crippen molar-refractivity contribution in [1.82, 2.24) is 5.32 Å². The van der Waals surface area contributed by atoms with Crippen molar-refractivity contribution in [2.24, 2.45) is 5.73 Å². The molecule has 0 aromatic rings. The summed E-state index contributed by atoms with van der Waals surface area (Å²) >= 11 is 0. The van der Waals surface area contributed by atoms with Crippen molar-refractivity contribution in [3.63, 3.8) is 0 Å².